The molecule has 2 aromatic carbocycles. The SMILES string of the molecule is Cc1ccc(-n2nc(C(C)(C)C)cc2NC(=O)Nc2cnc(Oc3ccc(B4OC(C)(C)C(C)(C)O4)cc3)nc2)cc1C. The number of amides is 2. The highest BCUT2D eigenvalue weighted by atomic mass is 16.7. The van der Waals surface area contributed by atoms with E-state index in [0.29, 0.717) is 17.3 Å². The van der Waals surface area contributed by atoms with Gasteiger partial charge in [0.2, 0.25) is 0 Å². The number of ether oxygens (including phenoxy) is 1. The van der Waals surface area contributed by atoms with Gasteiger partial charge in [0.25, 0.3) is 0 Å². The molecule has 224 valence electrons. The van der Waals surface area contributed by atoms with E-state index in [1.165, 1.54) is 18.0 Å². The molecule has 1 aliphatic heterocycles. The molecule has 0 bridgehead atoms. The third-order valence-corrected chi connectivity index (χ3v) is 7.96. The van der Waals surface area contributed by atoms with Crippen LogP contribution in [0.25, 0.3) is 5.69 Å². The Labute approximate surface area is 253 Å². The van der Waals surface area contributed by atoms with Crippen molar-refractivity contribution in [3.63, 3.8) is 0 Å². The molecule has 3 heterocycles. The van der Waals surface area contributed by atoms with Crippen LogP contribution < -0.4 is 20.8 Å². The van der Waals surface area contributed by atoms with Crippen LogP contribution in [0.2, 0.25) is 0 Å². The number of carbonyl (C=O) groups is 1. The van der Waals surface area contributed by atoms with Gasteiger partial charge in [0.1, 0.15) is 11.6 Å². The fraction of sp³-hybridized carbons (Fsp3) is 0.375. The average Bonchev–Trinajstić information content (AvgIpc) is 3.44. The molecule has 1 aliphatic rings. The standard InChI is InChI=1S/C32H39BN6O4/c1-20-10-13-24(16-21(20)2)39-27(17-26(38-39)30(3,4)5)37-28(40)36-23-18-34-29(35-19-23)41-25-14-11-22(12-15-25)33-42-31(6,7)32(8,9)43-33/h10-19H,1-9H3,(H2,36,37,40). The number of hydrogen-bond donors (Lipinski definition) is 2. The number of hydrogen-bond acceptors (Lipinski definition) is 7. The number of anilines is 2. The summed E-state index contributed by atoms with van der Waals surface area (Å²) in [6.07, 6.45) is 2.98. The van der Waals surface area contributed by atoms with E-state index < -0.39 is 24.4 Å². The predicted octanol–water partition coefficient (Wildman–Crippen LogP) is 6.31. The number of urea groups is 1. The fourth-order valence-corrected chi connectivity index (χ4v) is 4.38. The summed E-state index contributed by atoms with van der Waals surface area (Å²) in [6.45, 7) is 18.4. The van der Waals surface area contributed by atoms with Crippen LogP contribution in [0.4, 0.5) is 16.3 Å². The Morgan fingerprint density at radius 2 is 1.51 bits per heavy atom. The molecule has 0 radical (unpaired) electrons. The third kappa shape index (κ3) is 6.58. The number of aromatic nitrogens is 4. The predicted molar refractivity (Wildman–Crippen MR) is 169 cm³/mol. The second-order valence-electron chi connectivity index (χ2n) is 12.9. The fourth-order valence-electron chi connectivity index (χ4n) is 4.38. The molecule has 0 unspecified atom stereocenters. The van der Waals surface area contributed by atoms with E-state index in [-0.39, 0.29) is 11.4 Å². The van der Waals surface area contributed by atoms with Crippen LogP contribution in [0.5, 0.6) is 11.8 Å². The number of rotatable bonds is 6. The molecule has 2 amide bonds. The Kier molecular flexibility index (Phi) is 7.83. The smallest absolute Gasteiger partial charge is 0.424 e. The monoisotopic (exact) mass is 582 g/mol. The summed E-state index contributed by atoms with van der Waals surface area (Å²) in [7, 11) is -0.452. The summed E-state index contributed by atoms with van der Waals surface area (Å²) >= 11 is 0. The molecule has 2 aromatic heterocycles. The van der Waals surface area contributed by atoms with Gasteiger partial charge in [-0.05, 0) is 82.4 Å². The molecule has 0 spiro atoms. The molecule has 0 saturated carbocycles. The number of benzene rings is 2. The van der Waals surface area contributed by atoms with E-state index >= 15 is 0 Å². The highest BCUT2D eigenvalue weighted by Gasteiger charge is 2.51. The van der Waals surface area contributed by atoms with E-state index in [0.717, 1.165) is 22.4 Å². The van der Waals surface area contributed by atoms with Crippen LogP contribution in [-0.4, -0.2) is 44.1 Å². The quantitative estimate of drug-likeness (QED) is 0.256. The lowest BCUT2D eigenvalue weighted by atomic mass is 9.79. The van der Waals surface area contributed by atoms with Crippen molar-refractivity contribution in [3.05, 3.63) is 77.7 Å². The van der Waals surface area contributed by atoms with Gasteiger partial charge < -0.3 is 19.4 Å². The first kappa shape index (κ1) is 30.2. The molecular formula is C32H39BN6O4. The van der Waals surface area contributed by atoms with E-state index in [1.807, 2.05) is 70.2 Å². The lowest BCUT2D eigenvalue weighted by Gasteiger charge is -2.32. The van der Waals surface area contributed by atoms with Crippen molar-refractivity contribution >= 4 is 30.1 Å². The van der Waals surface area contributed by atoms with Gasteiger partial charge in [-0.15, -0.1) is 0 Å². The third-order valence-electron chi connectivity index (χ3n) is 7.96. The second kappa shape index (κ2) is 11.1. The molecule has 0 aliphatic carbocycles. The molecule has 0 atom stereocenters. The number of carbonyl (C=O) groups excluding carboxylic acids is 1. The Bertz CT molecular complexity index is 1610. The van der Waals surface area contributed by atoms with Crippen molar-refractivity contribution in [1.29, 1.82) is 0 Å². The van der Waals surface area contributed by atoms with Crippen molar-refractivity contribution < 1.29 is 18.8 Å². The van der Waals surface area contributed by atoms with E-state index in [1.54, 1.807) is 4.68 Å². The Morgan fingerprint density at radius 3 is 2.09 bits per heavy atom. The minimum absolute atomic E-state index is 0.150. The van der Waals surface area contributed by atoms with Crippen LogP contribution in [0, 0.1) is 13.8 Å². The first-order valence-electron chi connectivity index (χ1n) is 14.3. The molecule has 4 aromatic rings. The zero-order chi connectivity index (χ0) is 31.2. The first-order valence-corrected chi connectivity index (χ1v) is 14.3. The lowest BCUT2D eigenvalue weighted by molar-refractivity contribution is 0.00578. The zero-order valence-corrected chi connectivity index (χ0v) is 26.3. The van der Waals surface area contributed by atoms with Crippen molar-refractivity contribution in [2.45, 2.75) is 78.9 Å². The summed E-state index contributed by atoms with van der Waals surface area (Å²) in [5, 5.41) is 10.5. The van der Waals surface area contributed by atoms with Gasteiger partial charge in [0, 0.05) is 11.5 Å². The Balaban J connectivity index is 1.23. The van der Waals surface area contributed by atoms with Crippen LogP contribution >= 0.6 is 0 Å². The van der Waals surface area contributed by atoms with Gasteiger partial charge in [0.05, 0.1) is 40.7 Å². The van der Waals surface area contributed by atoms with Gasteiger partial charge in [-0.1, -0.05) is 39.0 Å². The number of nitrogens with zero attached hydrogens (tertiary/aromatic N) is 4. The minimum Gasteiger partial charge on any atom is -0.424 e. The van der Waals surface area contributed by atoms with E-state index in [4.69, 9.17) is 19.1 Å². The first-order chi connectivity index (χ1) is 20.1. The van der Waals surface area contributed by atoms with Crippen LogP contribution in [0.1, 0.15) is 65.3 Å². The van der Waals surface area contributed by atoms with E-state index in [9.17, 15) is 4.79 Å². The molecule has 43 heavy (non-hydrogen) atoms. The highest BCUT2D eigenvalue weighted by molar-refractivity contribution is 6.62. The number of nitrogens with one attached hydrogen (secondary N) is 2. The second-order valence-corrected chi connectivity index (χ2v) is 12.9. The molecule has 1 saturated heterocycles. The summed E-state index contributed by atoms with van der Waals surface area (Å²) in [5.74, 6) is 1.11. The summed E-state index contributed by atoms with van der Waals surface area (Å²) < 4.78 is 19.8. The molecule has 5 rings (SSSR count). The highest BCUT2D eigenvalue weighted by Crippen LogP contribution is 2.36. The largest absolute Gasteiger partial charge is 0.494 e. The zero-order valence-electron chi connectivity index (χ0n) is 26.3. The van der Waals surface area contributed by atoms with Crippen molar-refractivity contribution in [3.8, 4) is 17.4 Å². The van der Waals surface area contributed by atoms with Crippen molar-refractivity contribution in [1.82, 2.24) is 19.7 Å². The average molecular weight is 583 g/mol. The number of aryl methyl sites for hydroxylation is 2. The van der Waals surface area contributed by atoms with Gasteiger partial charge >= 0.3 is 19.2 Å². The maximum absolute atomic E-state index is 13.0. The lowest BCUT2D eigenvalue weighted by Crippen LogP contribution is -2.41. The molecular weight excluding hydrogens is 543 g/mol. The molecule has 10 nitrogen and oxygen atoms in total. The van der Waals surface area contributed by atoms with Gasteiger partial charge in [-0.25, -0.2) is 19.4 Å². The summed E-state index contributed by atoms with van der Waals surface area (Å²) in [4.78, 5) is 21.5. The minimum atomic E-state index is -0.452. The van der Waals surface area contributed by atoms with E-state index in [2.05, 4.69) is 61.3 Å². The van der Waals surface area contributed by atoms with Crippen molar-refractivity contribution in [2.75, 3.05) is 10.6 Å². The van der Waals surface area contributed by atoms with Gasteiger partial charge in [-0.3, -0.25) is 5.32 Å². The summed E-state index contributed by atoms with van der Waals surface area (Å²) in [5.41, 5.74) is 4.33. The molecule has 2 N–H and O–H groups in total. The topological polar surface area (TPSA) is 112 Å². The Morgan fingerprint density at radius 1 is 0.884 bits per heavy atom. The maximum atomic E-state index is 13.0. The van der Waals surface area contributed by atoms with Crippen LogP contribution in [0.15, 0.2) is 60.9 Å². The van der Waals surface area contributed by atoms with Crippen LogP contribution in [0.3, 0.4) is 0 Å². The molecule has 11 heteroatoms. The van der Waals surface area contributed by atoms with Gasteiger partial charge in [-0.2, -0.15) is 5.10 Å². The molecule has 1 fully saturated rings. The Hall–Kier alpha value is -4.22. The maximum Gasteiger partial charge on any atom is 0.494 e. The van der Waals surface area contributed by atoms with Crippen LogP contribution in [-0.2, 0) is 14.7 Å². The van der Waals surface area contributed by atoms with Gasteiger partial charge in [0.15, 0.2) is 0 Å². The van der Waals surface area contributed by atoms with Crippen molar-refractivity contribution in [2.24, 2.45) is 0 Å². The normalized spacial score (nSPS) is 15.8. The summed E-state index contributed by atoms with van der Waals surface area (Å²) in [6, 6.07) is 15.1.